The molecule has 1 amide bonds. The molecule has 0 radical (unpaired) electrons. The summed E-state index contributed by atoms with van der Waals surface area (Å²) in [7, 11) is 1.45. The number of primary amides is 1. The third kappa shape index (κ3) is 2.94. The highest BCUT2D eigenvalue weighted by Gasteiger charge is 2.17. The average molecular weight is 301 g/mol. The van der Waals surface area contributed by atoms with Crippen molar-refractivity contribution in [3.05, 3.63) is 30.5 Å². The molecule has 0 aliphatic heterocycles. The van der Waals surface area contributed by atoms with Crippen LogP contribution in [0.3, 0.4) is 0 Å². The van der Waals surface area contributed by atoms with E-state index in [1.54, 1.807) is 12.1 Å². The first-order chi connectivity index (χ1) is 8.89. The summed E-state index contributed by atoms with van der Waals surface area (Å²) in [6.07, 6.45) is 1.48. The minimum absolute atomic E-state index is 0.0660. The van der Waals surface area contributed by atoms with E-state index in [0.717, 1.165) is 0 Å². The van der Waals surface area contributed by atoms with Gasteiger partial charge in [-0.2, -0.15) is 0 Å². The van der Waals surface area contributed by atoms with Crippen molar-refractivity contribution in [1.29, 1.82) is 0 Å². The Hall–Kier alpha value is -1.86. The molecule has 0 aliphatic rings. The fourth-order valence-corrected chi connectivity index (χ4v) is 2.66. The van der Waals surface area contributed by atoms with E-state index in [1.807, 2.05) is 0 Å². The van der Waals surface area contributed by atoms with E-state index in [0.29, 0.717) is 10.9 Å². The molecule has 0 unspecified atom stereocenters. The Bertz CT molecular complexity index is 745. The number of ether oxygens (including phenoxy) is 1. The van der Waals surface area contributed by atoms with Gasteiger partial charge in [0.05, 0.1) is 4.90 Å². The predicted molar refractivity (Wildman–Crippen MR) is 69.5 cm³/mol. The second-order valence-electron chi connectivity index (χ2n) is 3.65. The molecular formula is C11H9ClN2O4S. The molecule has 0 spiro atoms. The van der Waals surface area contributed by atoms with Crippen molar-refractivity contribution in [2.45, 2.75) is 4.90 Å². The number of hydrogen-bond acceptors (Lipinski definition) is 5. The number of carbonyl (C=O) groups excluding carboxylic acids is 1. The second kappa shape index (κ2) is 5.02. The first kappa shape index (κ1) is 13.6. The number of fused-ring (bicyclic) bond motifs is 1. The SMILES string of the molecule is NC(=O)COc1ccc(S(=O)(=O)Cl)c2cccnc12. The summed E-state index contributed by atoms with van der Waals surface area (Å²) in [4.78, 5) is 14.7. The van der Waals surface area contributed by atoms with Gasteiger partial charge in [0.1, 0.15) is 11.3 Å². The number of rotatable bonds is 4. The largest absolute Gasteiger partial charge is 0.481 e. The molecule has 2 N–H and O–H groups in total. The van der Waals surface area contributed by atoms with E-state index >= 15 is 0 Å². The van der Waals surface area contributed by atoms with Crippen molar-refractivity contribution in [3.8, 4) is 5.75 Å². The van der Waals surface area contributed by atoms with Crippen molar-refractivity contribution in [2.24, 2.45) is 5.73 Å². The molecule has 1 aromatic carbocycles. The number of nitrogens with zero attached hydrogens (tertiary/aromatic N) is 1. The number of pyridine rings is 1. The molecule has 1 aromatic heterocycles. The van der Waals surface area contributed by atoms with Gasteiger partial charge in [0.15, 0.2) is 6.61 Å². The Morgan fingerprint density at radius 1 is 1.37 bits per heavy atom. The highest BCUT2D eigenvalue weighted by Crippen LogP contribution is 2.30. The van der Waals surface area contributed by atoms with Gasteiger partial charge in [0, 0.05) is 22.3 Å². The van der Waals surface area contributed by atoms with E-state index < -0.39 is 15.0 Å². The third-order valence-electron chi connectivity index (χ3n) is 2.33. The molecule has 100 valence electrons. The minimum Gasteiger partial charge on any atom is -0.481 e. The molecule has 0 saturated carbocycles. The molecule has 0 bridgehead atoms. The van der Waals surface area contributed by atoms with E-state index in [9.17, 15) is 13.2 Å². The lowest BCUT2D eigenvalue weighted by atomic mass is 10.2. The Morgan fingerprint density at radius 3 is 2.74 bits per heavy atom. The lowest BCUT2D eigenvalue weighted by Gasteiger charge is -2.09. The molecule has 2 aromatic rings. The zero-order chi connectivity index (χ0) is 14.0. The Balaban J connectivity index is 2.62. The van der Waals surface area contributed by atoms with E-state index in [4.69, 9.17) is 21.2 Å². The summed E-state index contributed by atoms with van der Waals surface area (Å²) in [5.41, 5.74) is 5.28. The standard InChI is InChI=1S/C11H9ClN2O4S/c12-19(16,17)9-4-3-8(18-6-10(13)15)11-7(9)2-1-5-14-11/h1-5H,6H2,(H2,13,15). The van der Waals surface area contributed by atoms with Gasteiger partial charge in [-0.1, -0.05) is 0 Å². The van der Waals surface area contributed by atoms with Crippen molar-refractivity contribution >= 4 is 36.5 Å². The fraction of sp³-hybridized carbons (Fsp3) is 0.0909. The normalized spacial score (nSPS) is 11.4. The number of benzene rings is 1. The van der Waals surface area contributed by atoms with Crippen molar-refractivity contribution in [3.63, 3.8) is 0 Å². The van der Waals surface area contributed by atoms with E-state index in [1.165, 1.54) is 18.3 Å². The van der Waals surface area contributed by atoms with Crippen molar-refractivity contribution < 1.29 is 17.9 Å². The van der Waals surface area contributed by atoms with Crippen LogP contribution in [0, 0.1) is 0 Å². The Labute approximate surface area is 113 Å². The van der Waals surface area contributed by atoms with Gasteiger partial charge in [0.25, 0.3) is 15.0 Å². The van der Waals surface area contributed by atoms with Gasteiger partial charge < -0.3 is 10.5 Å². The number of nitrogens with two attached hydrogens (primary N) is 1. The molecule has 6 nitrogen and oxygen atoms in total. The maximum absolute atomic E-state index is 11.4. The van der Waals surface area contributed by atoms with E-state index in [2.05, 4.69) is 4.98 Å². The van der Waals surface area contributed by atoms with Crippen LogP contribution in [0.4, 0.5) is 0 Å². The molecule has 1 heterocycles. The number of amides is 1. The van der Waals surface area contributed by atoms with Crippen LogP contribution < -0.4 is 10.5 Å². The predicted octanol–water partition coefficient (Wildman–Crippen LogP) is 1.03. The van der Waals surface area contributed by atoms with E-state index in [-0.39, 0.29) is 17.3 Å². The van der Waals surface area contributed by atoms with Crippen LogP contribution in [-0.4, -0.2) is 25.9 Å². The van der Waals surface area contributed by atoms with Crippen LogP contribution in [0.15, 0.2) is 35.4 Å². The van der Waals surface area contributed by atoms with Crippen molar-refractivity contribution in [1.82, 2.24) is 4.98 Å². The minimum atomic E-state index is -3.89. The molecule has 0 aliphatic carbocycles. The second-order valence-corrected chi connectivity index (χ2v) is 6.19. The molecule has 0 saturated heterocycles. The average Bonchev–Trinajstić information content (AvgIpc) is 2.34. The molecule has 0 atom stereocenters. The zero-order valence-electron chi connectivity index (χ0n) is 9.54. The molecule has 8 heteroatoms. The van der Waals surface area contributed by atoms with Crippen LogP contribution in [0.5, 0.6) is 5.75 Å². The quantitative estimate of drug-likeness (QED) is 0.850. The van der Waals surface area contributed by atoms with Crippen molar-refractivity contribution in [2.75, 3.05) is 6.61 Å². The molecular weight excluding hydrogens is 292 g/mol. The van der Waals surface area contributed by atoms with Crippen LogP contribution >= 0.6 is 10.7 Å². The topological polar surface area (TPSA) is 99.4 Å². The number of carbonyl (C=O) groups is 1. The number of halogens is 1. The summed E-state index contributed by atoms with van der Waals surface area (Å²) in [6, 6.07) is 5.80. The lowest BCUT2D eigenvalue weighted by Crippen LogP contribution is -2.20. The maximum atomic E-state index is 11.4. The Morgan fingerprint density at radius 2 is 2.11 bits per heavy atom. The lowest BCUT2D eigenvalue weighted by molar-refractivity contribution is -0.119. The summed E-state index contributed by atoms with van der Waals surface area (Å²) >= 11 is 0. The van der Waals surface area contributed by atoms with Gasteiger partial charge in [0.2, 0.25) is 0 Å². The zero-order valence-corrected chi connectivity index (χ0v) is 11.1. The summed E-state index contributed by atoms with van der Waals surface area (Å²) in [6.45, 7) is -0.321. The van der Waals surface area contributed by atoms with Gasteiger partial charge in [-0.15, -0.1) is 0 Å². The van der Waals surface area contributed by atoms with Gasteiger partial charge in [-0.05, 0) is 24.3 Å². The summed E-state index contributed by atoms with van der Waals surface area (Å²) in [5, 5.41) is 0.319. The van der Waals surface area contributed by atoms with Gasteiger partial charge in [-0.25, -0.2) is 8.42 Å². The maximum Gasteiger partial charge on any atom is 0.261 e. The number of hydrogen-bond donors (Lipinski definition) is 1. The molecule has 0 fully saturated rings. The van der Waals surface area contributed by atoms with Gasteiger partial charge >= 0.3 is 0 Å². The van der Waals surface area contributed by atoms with Crippen LogP contribution in [0.25, 0.3) is 10.9 Å². The first-order valence-electron chi connectivity index (χ1n) is 5.13. The smallest absolute Gasteiger partial charge is 0.261 e. The van der Waals surface area contributed by atoms with Crippen LogP contribution in [0.1, 0.15) is 0 Å². The highest BCUT2D eigenvalue weighted by atomic mass is 35.7. The third-order valence-corrected chi connectivity index (χ3v) is 3.71. The first-order valence-corrected chi connectivity index (χ1v) is 7.44. The van der Waals surface area contributed by atoms with Crippen LogP contribution in [0.2, 0.25) is 0 Å². The summed E-state index contributed by atoms with van der Waals surface area (Å²) in [5.74, 6) is -0.378. The Kier molecular flexibility index (Phi) is 3.59. The fourth-order valence-electron chi connectivity index (χ4n) is 1.60. The number of aromatic nitrogens is 1. The monoisotopic (exact) mass is 300 g/mol. The molecule has 19 heavy (non-hydrogen) atoms. The van der Waals surface area contributed by atoms with Gasteiger partial charge in [-0.3, -0.25) is 9.78 Å². The summed E-state index contributed by atoms with van der Waals surface area (Å²) < 4.78 is 28.1. The van der Waals surface area contributed by atoms with Crippen LogP contribution in [-0.2, 0) is 13.8 Å². The molecule has 2 rings (SSSR count). The highest BCUT2D eigenvalue weighted by molar-refractivity contribution is 8.14.